The molecule has 1 N–H and O–H groups in total. The predicted molar refractivity (Wildman–Crippen MR) is 103 cm³/mol. The second kappa shape index (κ2) is 8.53. The number of piperidine rings is 1. The molecule has 150 valence electrons. The topological polar surface area (TPSA) is 78.9 Å². The fourth-order valence-electron chi connectivity index (χ4n) is 3.90. The standard InChI is InChI=1S/C19H29N3O4S/c1-15-13-16-18(21-17(15)25-12-9-22-7-3-2-4-8-22)26-19(14-20-27(16)23)5-10-24-11-6-19/h13,20H,2-12,14H2,1H3. The zero-order chi connectivity index (χ0) is 18.7. The van der Waals surface area contributed by atoms with Crippen LogP contribution < -0.4 is 14.2 Å². The zero-order valence-corrected chi connectivity index (χ0v) is 16.8. The number of fused-ring (bicyclic) bond motifs is 1. The van der Waals surface area contributed by atoms with Crippen molar-refractivity contribution in [2.24, 2.45) is 0 Å². The lowest BCUT2D eigenvalue weighted by Gasteiger charge is -2.34. The van der Waals surface area contributed by atoms with Crippen LogP contribution in [0.2, 0.25) is 0 Å². The van der Waals surface area contributed by atoms with Crippen molar-refractivity contribution < 1.29 is 18.8 Å². The Balaban J connectivity index is 1.47. The molecule has 1 spiro atoms. The first-order valence-corrected chi connectivity index (χ1v) is 11.1. The molecule has 0 amide bonds. The molecule has 1 unspecified atom stereocenters. The number of aromatic nitrogens is 1. The molecule has 0 saturated carbocycles. The molecule has 3 aliphatic rings. The highest BCUT2D eigenvalue weighted by Gasteiger charge is 2.42. The Kier molecular flexibility index (Phi) is 6.08. The van der Waals surface area contributed by atoms with Gasteiger partial charge in [-0.3, -0.25) is 4.90 Å². The van der Waals surface area contributed by atoms with E-state index in [1.54, 1.807) is 0 Å². The molecule has 1 atom stereocenters. The van der Waals surface area contributed by atoms with Gasteiger partial charge in [-0.2, -0.15) is 4.98 Å². The van der Waals surface area contributed by atoms with Crippen molar-refractivity contribution >= 4 is 11.4 Å². The van der Waals surface area contributed by atoms with Gasteiger partial charge in [-0.1, -0.05) is 6.42 Å². The minimum absolute atomic E-state index is 0.410. The quantitative estimate of drug-likeness (QED) is 0.779. The summed E-state index contributed by atoms with van der Waals surface area (Å²) in [7, 11) is 0. The average Bonchev–Trinajstić information content (AvgIpc) is 2.81. The van der Waals surface area contributed by atoms with Crippen molar-refractivity contribution in [1.29, 1.82) is 0 Å². The maximum absolute atomic E-state index is 12.6. The van der Waals surface area contributed by atoms with Crippen LogP contribution in [0.4, 0.5) is 0 Å². The predicted octanol–water partition coefficient (Wildman–Crippen LogP) is 1.81. The summed E-state index contributed by atoms with van der Waals surface area (Å²) in [6.07, 6.45) is 5.40. The van der Waals surface area contributed by atoms with Gasteiger partial charge >= 0.3 is 0 Å². The van der Waals surface area contributed by atoms with Crippen LogP contribution in [0.15, 0.2) is 11.0 Å². The van der Waals surface area contributed by atoms with E-state index < -0.39 is 17.0 Å². The van der Waals surface area contributed by atoms with E-state index in [9.17, 15) is 4.55 Å². The summed E-state index contributed by atoms with van der Waals surface area (Å²) in [6, 6.07) is 1.88. The molecular formula is C19H29N3O4S. The van der Waals surface area contributed by atoms with Crippen LogP contribution in [0.5, 0.6) is 11.8 Å². The van der Waals surface area contributed by atoms with Gasteiger partial charge in [-0.05, 0) is 32.9 Å². The Morgan fingerprint density at radius 3 is 2.85 bits per heavy atom. The second-order valence-electron chi connectivity index (χ2n) is 7.65. The molecule has 4 rings (SSSR count). The molecule has 2 fully saturated rings. The van der Waals surface area contributed by atoms with Crippen molar-refractivity contribution in [1.82, 2.24) is 14.6 Å². The van der Waals surface area contributed by atoms with Crippen molar-refractivity contribution in [3.05, 3.63) is 11.6 Å². The van der Waals surface area contributed by atoms with Gasteiger partial charge in [-0.25, -0.2) is 0 Å². The fourth-order valence-corrected chi connectivity index (χ4v) is 4.98. The maximum Gasteiger partial charge on any atom is 0.276 e. The Morgan fingerprint density at radius 1 is 1.30 bits per heavy atom. The third kappa shape index (κ3) is 4.51. The molecule has 0 bridgehead atoms. The largest absolute Gasteiger partial charge is 0.593 e. The summed E-state index contributed by atoms with van der Waals surface area (Å²) < 4.78 is 33.5. The Morgan fingerprint density at radius 2 is 2.07 bits per heavy atom. The van der Waals surface area contributed by atoms with E-state index in [2.05, 4.69) is 14.6 Å². The second-order valence-corrected chi connectivity index (χ2v) is 8.92. The fraction of sp³-hybridized carbons (Fsp3) is 0.737. The first kappa shape index (κ1) is 19.3. The van der Waals surface area contributed by atoms with Gasteiger partial charge in [0.2, 0.25) is 10.8 Å². The van der Waals surface area contributed by atoms with Gasteiger partial charge in [-0.15, -0.1) is 4.72 Å². The highest BCUT2D eigenvalue weighted by Crippen LogP contribution is 2.36. The van der Waals surface area contributed by atoms with E-state index in [1.165, 1.54) is 19.3 Å². The number of hydrogen-bond donors (Lipinski definition) is 1. The Bertz CT molecular complexity index is 648. The number of nitrogens with one attached hydrogen (secondary N) is 1. The number of hydrogen-bond acceptors (Lipinski definition) is 7. The monoisotopic (exact) mass is 395 g/mol. The third-order valence-electron chi connectivity index (χ3n) is 5.64. The molecule has 3 aliphatic heterocycles. The van der Waals surface area contributed by atoms with Crippen LogP contribution >= 0.6 is 0 Å². The van der Waals surface area contributed by atoms with E-state index in [4.69, 9.17) is 14.2 Å². The molecule has 1 aromatic heterocycles. The number of likely N-dealkylation sites (tertiary alicyclic amines) is 1. The lowest BCUT2D eigenvalue weighted by molar-refractivity contribution is -0.0445. The average molecular weight is 396 g/mol. The molecule has 4 heterocycles. The van der Waals surface area contributed by atoms with Crippen LogP contribution in [-0.2, 0) is 16.1 Å². The highest BCUT2D eigenvalue weighted by molar-refractivity contribution is 7.89. The van der Waals surface area contributed by atoms with Gasteiger partial charge in [0.05, 0.1) is 31.1 Å². The SMILES string of the molecule is Cc1cc2c(nc1OCCN1CCCCC1)OC1(CCOCC1)CN[S+]2[O-]. The molecule has 2 saturated heterocycles. The van der Waals surface area contributed by atoms with Gasteiger partial charge in [0.1, 0.15) is 12.2 Å². The van der Waals surface area contributed by atoms with Crippen molar-refractivity contribution in [2.45, 2.75) is 49.5 Å². The third-order valence-corrected chi connectivity index (χ3v) is 6.73. The molecule has 0 radical (unpaired) electrons. The summed E-state index contributed by atoms with van der Waals surface area (Å²) >= 11 is -1.33. The van der Waals surface area contributed by atoms with E-state index in [0.29, 0.717) is 43.0 Å². The molecule has 7 nitrogen and oxygen atoms in total. The van der Waals surface area contributed by atoms with Gasteiger partial charge < -0.3 is 18.8 Å². The van der Waals surface area contributed by atoms with E-state index in [0.717, 1.165) is 38.0 Å². The van der Waals surface area contributed by atoms with Crippen LogP contribution in [0, 0.1) is 6.92 Å². The van der Waals surface area contributed by atoms with Crippen molar-refractivity contribution in [3.8, 4) is 11.8 Å². The minimum Gasteiger partial charge on any atom is -0.593 e. The molecule has 0 aliphatic carbocycles. The van der Waals surface area contributed by atoms with E-state index in [-0.39, 0.29) is 0 Å². The van der Waals surface area contributed by atoms with Crippen LogP contribution in [0.3, 0.4) is 0 Å². The van der Waals surface area contributed by atoms with Crippen LogP contribution in [0.25, 0.3) is 0 Å². The molecular weight excluding hydrogens is 366 g/mol. The van der Waals surface area contributed by atoms with Crippen molar-refractivity contribution in [3.63, 3.8) is 0 Å². The maximum atomic E-state index is 12.6. The number of nitrogens with zero attached hydrogens (tertiary/aromatic N) is 2. The summed E-state index contributed by atoms with van der Waals surface area (Å²) in [5.74, 6) is 1.01. The molecule has 8 heteroatoms. The number of rotatable bonds is 4. The molecule has 27 heavy (non-hydrogen) atoms. The smallest absolute Gasteiger partial charge is 0.276 e. The number of aryl methyl sites for hydroxylation is 1. The Labute approximate surface area is 164 Å². The zero-order valence-electron chi connectivity index (χ0n) is 16.0. The summed E-state index contributed by atoms with van der Waals surface area (Å²) in [4.78, 5) is 7.65. The van der Waals surface area contributed by atoms with Crippen LogP contribution in [0.1, 0.15) is 37.7 Å². The summed E-state index contributed by atoms with van der Waals surface area (Å²) in [5.41, 5.74) is 0.473. The lowest BCUT2D eigenvalue weighted by atomic mass is 9.94. The van der Waals surface area contributed by atoms with E-state index >= 15 is 0 Å². The summed E-state index contributed by atoms with van der Waals surface area (Å²) in [5, 5.41) is 0. The van der Waals surface area contributed by atoms with E-state index in [1.807, 2.05) is 13.0 Å². The first-order valence-electron chi connectivity index (χ1n) is 9.94. The van der Waals surface area contributed by atoms with Gasteiger partial charge in [0, 0.05) is 31.0 Å². The van der Waals surface area contributed by atoms with Gasteiger partial charge in [0.25, 0.3) is 5.88 Å². The molecule has 0 aromatic carbocycles. The number of pyridine rings is 1. The molecule has 1 aromatic rings. The van der Waals surface area contributed by atoms with Crippen LogP contribution in [-0.4, -0.2) is 66.0 Å². The van der Waals surface area contributed by atoms with Gasteiger partial charge in [0.15, 0.2) is 0 Å². The van der Waals surface area contributed by atoms with Crippen molar-refractivity contribution in [2.75, 3.05) is 46.0 Å². The highest BCUT2D eigenvalue weighted by atomic mass is 32.2. The summed E-state index contributed by atoms with van der Waals surface area (Å²) in [6.45, 7) is 7.58. The number of ether oxygens (including phenoxy) is 3. The minimum atomic E-state index is -1.33. The normalized spacial score (nSPS) is 25.5. The Hall–Kier alpha value is -1.06. The first-order chi connectivity index (χ1) is 13.2. The lowest BCUT2D eigenvalue weighted by Crippen LogP contribution is -2.49.